The molecule has 0 radical (unpaired) electrons. The lowest BCUT2D eigenvalue weighted by molar-refractivity contribution is -0.142. The maximum Gasteiger partial charge on any atom is 0.325 e. The first-order valence-electron chi connectivity index (χ1n) is 9.63. The number of carbonyl (C=O) groups is 4. The van der Waals surface area contributed by atoms with E-state index in [-0.39, 0.29) is 18.2 Å². The third kappa shape index (κ3) is 5.88. The Morgan fingerprint density at radius 2 is 1.77 bits per heavy atom. The summed E-state index contributed by atoms with van der Waals surface area (Å²) in [7, 11) is 0. The van der Waals surface area contributed by atoms with Crippen molar-refractivity contribution in [2.24, 2.45) is 0 Å². The second kappa shape index (κ2) is 10.2. The molecule has 0 atom stereocenters. The third-order valence-electron chi connectivity index (χ3n) is 4.57. The highest BCUT2D eigenvalue weighted by molar-refractivity contribution is 6.00. The van der Waals surface area contributed by atoms with Gasteiger partial charge in [0.2, 0.25) is 11.8 Å². The number of carbonyl (C=O) groups excluding carboxylic acids is 4. The first kappa shape index (κ1) is 21.0. The topological polar surface area (TPSA) is 92.8 Å². The first-order valence-corrected chi connectivity index (χ1v) is 9.63. The van der Waals surface area contributed by atoms with E-state index in [4.69, 9.17) is 4.74 Å². The highest BCUT2D eigenvalue weighted by Gasteiger charge is 2.21. The molecule has 154 valence electrons. The van der Waals surface area contributed by atoms with Crippen LogP contribution < -0.4 is 10.2 Å². The van der Waals surface area contributed by atoms with Crippen molar-refractivity contribution in [2.45, 2.75) is 12.8 Å². The number of esters is 1. The first-order chi connectivity index (χ1) is 14.5. The highest BCUT2D eigenvalue weighted by atomic mass is 16.5. The van der Waals surface area contributed by atoms with Crippen LogP contribution in [0.5, 0.6) is 0 Å². The molecule has 1 aliphatic heterocycles. The zero-order valence-corrected chi connectivity index (χ0v) is 16.4. The average molecular weight is 406 g/mol. The van der Waals surface area contributed by atoms with Gasteiger partial charge in [-0.15, -0.1) is 0 Å². The van der Waals surface area contributed by atoms with E-state index in [0.717, 1.165) is 17.7 Å². The SMILES string of the molecule is O=C(/C=C/c1ccccc1)NCC(=O)OCC(=O)c1ccc(N2CCCC2=O)cc1. The van der Waals surface area contributed by atoms with E-state index in [9.17, 15) is 19.2 Å². The van der Waals surface area contributed by atoms with Gasteiger partial charge >= 0.3 is 5.97 Å². The van der Waals surface area contributed by atoms with E-state index in [2.05, 4.69) is 5.32 Å². The van der Waals surface area contributed by atoms with Crippen molar-refractivity contribution >= 4 is 35.3 Å². The monoisotopic (exact) mass is 406 g/mol. The van der Waals surface area contributed by atoms with Gasteiger partial charge in [-0.2, -0.15) is 0 Å². The van der Waals surface area contributed by atoms with Crippen molar-refractivity contribution in [3.63, 3.8) is 0 Å². The van der Waals surface area contributed by atoms with E-state index < -0.39 is 18.5 Å². The Morgan fingerprint density at radius 3 is 2.43 bits per heavy atom. The molecule has 0 spiro atoms. The molecule has 0 aromatic heterocycles. The Hall–Kier alpha value is -3.74. The number of ketones is 1. The number of hydrogen-bond donors (Lipinski definition) is 1. The quantitative estimate of drug-likeness (QED) is 0.413. The Labute approximate surface area is 174 Å². The second-order valence-electron chi connectivity index (χ2n) is 6.74. The molecule has 2 aromatic carbocycles. The molecule has 7 nitrogen and oxygen atoms in total. The summed E-state index contributed by atoms with van der Waals surface area (Å²) in [5, 5.41) is 2.41. The lowest BCUT2D eigenvalue weighted by Crippen LogP contribution is -2.30. The summed E-state index contributed by atoms with van der Waals surface area (Å²) in [5.74, 6) is -1.43. The van der Waals surface area contributed by atoms with E-state index in [1.807, 2.05) is 30.3 Å². The van der Waals surface area contributed by atoms with Crippen molar-refractivity contribution in [3.8, 4) is 0 Å². The Morgan fingerprint density at radius 1 is 1.03 bits per heavy atom. The van der Waals surface area contributed by atoms with Crippen molar-refractivity contribution in [3.05, 3.63) is 71.8 Å². The predicted molar refractivity (Wildman–Crippen MR) is 112 cm³/mol. The number of Topliss-reactive ketones (excluding diaryl/α,β-unsaturated/α-hetero) is 1. The molecule has 1 saturated heterocycles. The molecule has 1 N–H and O–H groups in total. The fourth-order valence-corrected chi connectivity index (χ4v) is 2.98. The summed E-state index contributed by atoms with van der Waals surface area (Å²) in [5.41, 5.74) is 1.99. The molecule has 1 aliphatic rings. The summed E-state index contributed by atoms with van der Waals surface area (Å²) >= 11 is 0. The Kier molecular flexibility index (Phi) is 7.10. The van der Waals surface area contributed by atoms with Gasteiger partial charge in [-0.25, -0.2) is 0 Å². The van der Waals surface area contributed by atoms with Gasteiger partial charge in [0.15, 0.2) is 12.4 Å². The van der Waals surface area contributed by atoms with Gasteiger partial charge in [0, 0.05) is 30.3 Å². The minimum Gasteiger partial charge on any atom is -0.456 e. The summed E-state index contributed by atoms with van der Waals surface area (Å²) in [6, 6.07) is 15.9. The van der Waals surface area contributed by atoms with Gasteiger partial charge in [0.1, 0.15) is 6.54 Å². The molecule has 3 rings (SSSR count). The second-order valence-corrected chi connectivity index (χ2v) is 6.74. The molecule has 0 bridgehead atoms. The molecule has 0 unspecified atom stereocenters. The van der Waals surface area contributed by atoms with Gasteiger partial charge in [0.25, 0.3) is 0 Å². The molecule has 2 amide bonds. The Bertz CT molecular complexity index is 951. The van der Waals surface area contributed by atoms with Crippen molar-refractivity contribution < 1.29 is 23.9 Å². The van der Waals surface area contributed by atoms with E-state index in [0.29, 0.717) is 18.5 Å². The zero-order valence-electron chi connectivity index (χ0n) is 16.4. The largest absolute Gasteiger partial charge is 0.456 e. The number of hydrogen-bond acceptors (Lipinski definition) is 5. The van der Waals surface area contributed by atoms with Crippen LogP contribution in [0.15, 0.2) is 60.7 Å². The van der Waals surface area contributed by atoms with Crippen LogP contribution in [0.3, 0.4) is 0 Å². The van der Waals surface area contributed by atoms with Gasteiger partial charge in [0.05, 0.1) is 0 Å². The maximum atomic E-state index is 12.2. The van der Waals surface area contributed by atoms with Crippen LogP contribution in [0.4, 0.5) is 5.69 Å². The summed E-state index contributed by atoms with van der Waals surface area (Å²) in [6.07, 6.45) is 4.31. The van der Waals surface area contributed by atoms with E-state index >= 15 is 0 Å². The fourth-order valence-electron chi connectivity index (χ4n) is 2.98. The zero-order chi connectivity index (χ0) is 21.3. The van der Waals surface area contributed by atoms with Crippen LogP contribution >= 0.6 is 0 Å². The minimum atomic E-state index is -0.705. The van der Waals surface area contributed by atoms with Crippen LogP contribution in [0, 0.1) is 0 Å². The van der Waals surface area contributed by atoms with Crippen LogP contribution in [-0.2, 0) is 19.1 Å². The lowest BCUT2D eigenvalue weighted by Gasteiger charge is -2.15. The van der Waals surface area contributed by atoms with Crippen molar-refractivity contribution in [1.82, 2.24) is 5.32 Å². The smallest absolute Gasteiger partial charge is 0.325 e. The number of anilines is 1. The van der Waals surface area contributed by atoms with Gasteiger partial charge in [-0.3, -0.25) is 19.2 Å². The molecule has 0 aliphatic carbocycles. The van der Waals surface area contributed by atoms with Crippen LogP contribution in [0.1, 0.15) is 28.8 Å². The predicted octanol–water partition coefficient (Wildman–Crippen LogP) is 2.37. The highest BCUT2D eigenvalue weighted by Crippen LogP contribution is 2.21. The number of rotatable bonds is 8. The minimum absolute atomic E-state index is 0.0728. The Balaban J connectivity index is 1.41. The number of ether oxygens (including phenoxy) is 1. The third-order valence-corrected chi connectivity index (χ3v) is 4.57. The van der Waals surface area contributed by atoms with E-state index in [1.54, 1.807) is 35.2 Å². The number of amides is 2. The number of benzene rings is 2. The van der Waals surface area contributed by atoms with Crippen LogP contribution in [0.2, 0.25) is 0 Å². The van der Waals surface area contributed by atoms with Gasteiger partial charge in [-0.1, -0.05) is 30.3 Å². The van der Waals surface area contributed by atoms with Crippen molar-refractivity contribution in [1.29, 1.82) is 0 Å². The van der Waals surface area contributed by atoms with Gasteiger partial charge < -0.3 is 15.0 Å². The van der Waals surface area contributed by atoms with Crippen molar-refractivity contribution in [2.75, 3.05) is 24.6 Å². The lowest BCUT2D eigenvalue weighted by atomic mass is 10.1. The molecule has 1 heterocycles. The fraction of sp³-hybridized carbons (Fsp3) is 0.217. The molecule has 1 fully saturated rings. The van der Waals surface area contributed by atoms with Gasteiger partial charge in [-0.05, 0) is 42.3 Å². The number of nitrogens with one attached hydrogen (secondary N) is 1. The average Bonchev–Trinajstić information content (AvgIpc) is 3.21. The molecular formula is C23H22N2O5. The molecule has 30 heavy (non-hydrogen) atoms. The standard InChI is InChI=1S/C23H22N2O5/c26-20(18-9-11-19(12-10-18)25-14-4-7-22(25)28)16-30-23(29)15-24-21(27)13-8-17-5-2-1-3-6-17/h1-3,5-6,8-13H,4,7,14-16H2,(H,24,27)/b13-8+. The summed E-state index contributed by atoms with van der Waals surface area (Å²) in [4.78, 5) is 49.1. The van der Waals surface area contributed by atoms with Crippen LogP contribution in [0.25, 0.3) is 6.08 Å². The molecule has 2 aromatic rings. The summed E-state index contributed by atoms with van der Waals surface area (Å²) < 4.78 is 4.93. The molecule has 0 saturated carbocycles. The normalized spacial score (nSPS) is 13.5. The number of nitrogens with zero attached hydrogens (tertiary/aromatic N) is 1. The molecule has 7 heteroatoms. The summed E-state index contributed by atoms with van der Waals surface area (Å²) in [6.45, 7) is -0.0756. The molecular weight excluding hydrogens is 384 g/mol. The van der Waals surface area contributed by atoms with E-state index in [1.165, 1.54) is 6.08 Å². The maximum absolute atomic E-state index is 12.2. The van der Waals surface area contributed by atoms with Crippen LogP contribution in [-0.4, -0.2) is 43.3 Å².